The minimum absolute atomic E-state index is 0.0161. The third-order valence-corrected chi connectivity index (χ3v) is 5.37. The van der Waals surface area contributed by atoms with E-state index >= 15 is 0 Å². The lowest BCUT2D eigenvalue weighted by Gasteiger charge is -2.34. The number of hydrogen-bond acceptors (Lipinski definition) is 4. The van der Waals surface area contributed by atoms with Crippen LogP contribution in [0, 0.1) is 6.92 Å². The molecule has 1 unspecified atom stereocenters. The number of aryl methyl sites for hydroxylation is 1. The average molecular weight is 374 g/mol. The van der Waals surface area contributed by atoms with Gasteiger partial charge in [-0.05, 0) is 44.2 Å². The normalized spacial score (nSPS) is 20.6. The summed E-state index contributed by atoms with van der Waals surface area (Å²) in [5.74, 6) is 0.148. The molecule has 2 N–H and O–H groups in total. The summed E-state index contributed by atoms with van der Waals surface area (Å²) in [7, 11) is 2.14. The fraction of sp³-hybridized carbons (Fsp3) is 0.600. The lowest BCUT2D eigenvalue weighted by molar-refractivity contribution is -0.129. The molecule has 148 valence electrons. The summed E-state index contributed by atoms with van der Waals surface area (Å²) in [6, 6.07) is 6.00. The van der Waals surface area contributed by atoms with E-state index in [-0.39, 0.29) is 18.0 Å². The zero-order valence-corrected chi connectivity index (χ0v) is 16.6. The molecule has 2 aliphatic rings. The number of likely N-dealkylation sites (N-methyl/N-ethyl adjacent to an activating group) is 1. The average Bonchev–Trinajstić information content (AvgIpc) is 3.09. The van der Waals surface area contributed by atoms with Crippen LogP contribution in [-0.4, -0.2) is 74.1 Å². The van der Waals surface area contributed by atoms with Gasteiger partial charge < -0.3 is 25.3 Å². The number of carbonyl (C=O) groups excluding carboxylic acids is 2. The van der Waals surface area contributed by atoms with E-state index in [1.54, 1.807) is 0 Å². The zero-order valence-electron chi connectivity index (χ0n) is 16.6. The second-order valence-electron chi connectivity index (χ2n) is 7.62. The van der Waals surface area contributed by atoms with Crippen LogP contribution in [0.15, 0.2) is 18.2 Å². The number of nitrogens with zero attached hydrogens (tertiary/aromatic N) is 3. The lowest BCUT2D eigenvalue weighted by Crippen LogP contribution is -2.44. The van der Waals surface area contributed by atoms with Crippen molar-refractivity contribution in [2.45, 2.75) is 32.7 Å². The Hall–Kier alpha value is -2.28. The van der Waals surface area contributed by atoms with Gasteiger partial charge in [0, 0.05) is 63.1 Å². The number of piperazine rings is 1. The predicted octanol–water partition coefficient (Wildman–Crippen LogP) is 1.88. The number of amides is 3. The third-order valence-electron chi connectivity index (χ3n) is 5.37. The number of hydrogen-bond donors (Lipinski definition) is 2. The predicted molar refractivity (Wildman–Crippen MR) is 108 cm³/mol. The molecule has 0 aliphatic carbocycles. The molecule has 3 rings (SSSR count). The summed E-state index contributed by atoms with van der Waals surface area (Å²) in [5.41, 5.74) is 3.09. The number of anilines is 2. The fourth-order valence-electron chi connectivity index (χ4n) is 3.76. The summed E-state index contributed by atoms with van der Waals surface area (Å²) in [6.45, 7) is 9.32. The summed E-state index contributed by atoms with van der Waals surface area (Å²) in [4.78, 5) is 30.7. The first-order valence-electron chi connectivity index (χ1n) is 9.85. The molecule has 0 radical (unpaired) electrons. The number of carbonyl (C=O) groups is 2. The van der Waals surface area contributed by atoms with Gasteiger partial charge in [-0.1, -0.05) is 6.92 Å². The van der Waals surface area contributed by atoms with E-state index in [0.717, 1.165) is 56.1 Å². The SMILES string of the molecule is CCC(=O)N1CCC(NC(=O)Nc2cc(C)cc(N3CCN(C)CC3)c2)C1. The van der Waals surface area contributed by atoms with E-state index in [1.807, 2.05) is 30.9 Å². The van der Waals surface area contributed by atoms with Crippen LogP contribution in [0.3, 0.4) is 0 Å². The molecule has 2 saturated heterocycles. The van der Waals surface area contributed by atoms with Gasteiger partial charge in [0.05, 0.1) is 0 Å². The van der Waals surface area contributed by atoms with E-state index in [4.69, 9.17) is 0 Å². The highest BCUT2D eigenvalue weighted by atomic mass is 16.2. The Bertz CT molecular complexity index is 685. The maximum Gasteiger partial charge on any atom is 0.319 e. The van der Waals surface area contributed by atoms with Crippen LogP contribution >= 0.6 is 0 Å². The van der Waals surface area contributed by atoms with Crippen LogP contribution in [-0.2, 0) is 4.79 Å². The Morgan fingerprint density at radius 1 is 1.11 bits per heavy atom. The fourth-order valence-corrected chi connectivity index (χ4v) is 3.76. The molecule has 27 heavy (non-hydrogen) atoms. The molecule has 3 amide bonds. The Kier molecular flexibility index (Phi) is 6.21. The quantitative estimate of drug-likeness (QED) is 0.846. The second kappa shape index (κ2) is 8.61. The smallest absolute Gasteiger partial charge is 0.319 e. The van der Waals surface area contributed by atoms with E-state index < -0.39 is 0 Å². The molecule has 0 aromatic heterocycles. The van der Waals surface area contributed by atoms with Gasteiger partial charge in [0.1, 0.15) is 0 Å². The first-order chi connectivity index (χ1) is 12.9. The van der Waals surface area contributed by atoms with E-state index in [9.17, 15) is 9.59 Å². The van der Waals surface area contributed by atoms with Crippen molar-refractivity contribution in [3.05, 3.63) is 23.8 Å². The molecular formula is C20H31N5O2. The van der Waals surface area contributed by atoms with Gasteiger partial charge in [-0.15, -0.1) is 0 Å². The van der Waals surface area contributed by atoms with Crippen molar-refractivity contribution in [3.8, 4) is 0 Å². The molecule has 1 aromatic carbocycles. The van der Waals surface area contributed by atoms with Gasteiger partial charge in [0.15, 0.2) is 0 Å². The number of nitrogens with one attached hydrogen (secondary N) is 2. The highest BCUT2D eigenvalue weighted by Gasteiger charge is 2.26. The summed E-state index contributed by atoms with van der Waals surface area (Å²) < 4.78 is 0. The van der Waals surface area contributed by atoms with Crippen molar-refractivity contribution in [2.24, 2.45) is 0 Å². The van der Waals surface area contributed by atoms with Crippen LogP contribution in [0.4, 0.5) is 16.2 Å². The molecule has 0 saturated carbocycles. The molecule has 7 heteroatoms. The van der Waals surface area contributed by atoms with Crippen molar-refractivity contribution in [3.63, 3.8) is 0 Å². The molecule has 7 nitrogen and oxygen atoms in total. The Morgan fingerprint density at radius 2 is 1.85 bits per heavy atom. The van der Waals surface area contributed by atoms with Crippen LogP contribution < -0.4 is 15.5 Å². The molecule has 2 fully saturated rings. The van der Waals surface area contributed by atoms with Crippen molar-refractivity contribution >= 4 is 23.3 Å². The van der Waals surface area contributed by atoms with E-state index in [2.05, 4.69) is 33.5 Å². The molecule has 2 heterocycles. The Morgan fingerprint density at radius 3 is 2.56 bits per heavy atom. The standard InChI is InChI=1S/C20H31N5O2/c1-4-19(26)25-6-5-16(14-25)21-20(27)22-17-11-15(2)12-18(13-17)24-9-7-23(3)8-10-24/h11-13,16H,4-10,14H2,1-3H3,(H2,21,22,27). The number of rotatable bonds is 4. The van der Waals surface area contributed by atoms with E-state index in [0.29, 0.717) is 13.0 Å². The number of urea groups is 1. The zero-order chi connectivity index (χ0) is 19.4. The highest BCUT2D eigenvalue weighted by molar-refractivity contribution is 5.90. The lowest BCUT2D eigenvalue weighted by atomic mass is 10.1. The maximum absolute atomic E-state index is 12.4. The summed E-state index contributed by atoms with van der Waals surface area (Å²) in [5, 5.41) is 5.96. The van der Waals surface area contributed by atoms with Gasteiger partial charge in [0.25, 0.3) is 0 Å². The largest absolute Gasteiger partial charge is 0.369 e. The van der Waals surface area contributed by atoms with Gasteiger partial charge in [-0.2, -0.15) is 0 Å². The Balaban J connectivity index is 1.57. The van der Waals surface area contributed by atoms with Crippen molar-refractivity contribution in [2.75, 3.05) is 56.5 Å². The van der Waals surface area contributed by atoms with Crippen molar-refractivity contribution < 1.29 is 9.59 Å². The first kappa shape index (κ1) is 19.5. The topological polar surface area (TPSA) is 67.9 Å². The third kappa shape index (κ3) is 5.13. The van der Waals surface area contributed by atoms with Crippen LogP contribution in [0.2, 0.25) is 0 Å². The Labute approximate surface area is 161 Å². The minimum atomic E-state index is -0.208. The van der Waals surface area contributed by atoms with Gasteiger partial charge in [-0.25, -0.2) is 4.79 Å². The monoisotopic (exact) mass is 373 g/mol. The molecule has 2 aliphatic heterocycles. The molecule has 1 atom stereocenters. The second-order valence-corrected chi connectivity index (χ2v) is 7.62. The molecule has 0 spiro atoms. The van der Waals surface area contributed by atoms with Crippen molar-refractivity contribution in [1.29, 1.82) is 0 Å². The van der Waals surface area contributed by atoms with Crippen LogP contribution in [0.25, 0.3) is 0 Å². The number of benzene rings is 1. The van der Waals surface area contributed by atoms with E-state index in [1.165, 1.54) is 0 Å². The van der Waals surface area contributed by atoms with Gasteiger partial charge >= 0.3 is 6.03 Å². The van der Waals surface area contributed by atoms with Crippen LogP contribution in [0.5, 0.6) is 0 Å². The maximum atomic E-state index is 12.4. The first-order valence-corrected chi connectivity index (χ1v) is 9.85. The van der Waals surface area contributed by atoms with Crippen molar-refractivity contribution in [1.82, 2.24) is 15.1 Å². The molecular weight excluding hydrogens is 342 g/mol. The van der Waals surface area contributed by atoms with Crippen LogP contribution in [0.1, 0.15) is 25.3 Å². The molecule has 1 aromatic rings. The molecule has 0 bridgehead atoms. The summed E-state index contributed by atoms with van der Waals surface area (Å²) >= 11 is 0. The minimum Gasteiger partial charge on any atom is -0.369 e. The van der Waals surface area contributed by atoms with Gasteiger partial charge in [0.2, 0.25) is 5.91 Å². The van der Waals surface area contributed by atoms with Gasteiger partial charge in [-0.3, -0.25) is 4.79 Å². The number of likely N-dealkylation sites (tertiary alicyclic amines) is 1. The summed E-state index contributed by atoms with van der Waals surface area (Å²) in [6.07, 6.45) is 1.32. The highest BCUT2D eigenvalue weighted by Crippen LogP contribution is 2.23.